The lowest BCUT2D eigenvalue weighted by Crippen LogP contribution is -2.35. The van der Waals surface area contributed by atoms with Crippen molar-refractivity contribution in [3.63, 3.8) is 0 Å². The molecule has 2 heteroatoms. The van der Waals surface area contributed by atoms with Gasteiger partial charge in [-0.1, -0.05) is 82.2 Å². The van der Waals surface area contributed by atoms with Gasteiger partial charge in [0.15, 0.2) is 0 Å². The van der Waals surface area contributed by atoms with E-state index < -0.39 is 0 Å². The Balaban J connectivity index is 1.65. The van der Waals surface area contributed by atoms with E-state index in [9.17, 15) is 5.11 Å². The maximum Gasteiger partial charge on any atom is 0.0710 e. The highest BCUT2D eigenvalue weighted by atomic mass is 16.3. The molecule has 0 saturated carbocycles. The van der Waals surface area contributed by atoms with E-state index in [1.54, 1.807) is 0 Å². The van der Waals surface area contributed by atoms with Crippen LogP contribution in [0.15, 0.2) is 30.3 Å². The number of aliphatic hydroxyl groups excluding tert-OH is 1. The van der Waals surface area contributed by atoms with Crippen LogP contribution in [-0.4, -0.2) is 35.2 Å². The second kappa shape index (κ2) is 10.9. The zero-order valence-corrected chi connectivity index (χ0v) is 15.8. The van der Waals surface area contributed by atoms with E-state index in [-0.39, 0.29) is 6.10 Å². The smallest absolute Gasteiger partial charge is 0.0710 e. The highest BCUT2D eigenvalue weighted by Gasteiger charge is 2.36. The van der Waals surface area contributed by atoms with Gasteiger partial charge in [0.1, 0.15) is 0 Å². The van der Waals surface area contributed by atoms with E-state index in [0.29, 0.717) is 12.1 Å². The summed E-state index contributed by atoms with van der Waals surface area (Å²) in [5, 5.41) is 10.5. The van der Waals surface area contributed by atoms with Gasteiger partial charge in [0, 0.05) is 12.1 Å². The number of aryl methyl sites for hydroxylation is 1. The van der Waals surface area contributed by atoms with Gasteiger partial charge in [0.05, 0.1) is 6.10 Å². The first-order chi connectivity index (χ1) is 11.7. The molecule has 24 heavy (non-hydrogen) atoms. The summed E-state index contributed by atoms with van der Waals surface area (Å²) >= 11 is 0. The Morgan fingerprint density at radius 2 is 1.62 bits per heavy atom. The average Bonchev–Trinajstić information content (AvgIpc) is 2.87. The molecule has 3 unspecified atom stereocenters. The number of rotatable bonds is 11. The predicted octanol–water partition coefficient (Wildman–Crippen LogP) is 5.19. The van der Waals surface area contributed by atoms with Crippen molar-refractivity contribution in [2.75, 3.05) is 7.05 Å². The Hall–Kier alpha value is -0.860. The zero-order chi connectivity index (χ0) is 17.2. The molecule has 2 rings (SSSR count). The number of benzene rings is 1. The van der Waals surface area contributed by atoms with Crippen molar-refractivity contribution in [2.45, 2.75) is 95.7 Å². The summed E-state index contributed by atoms with van der Waals surface area (Å²) < 4.78 is 0. The molecule has 1 aliphatic heterocycles. The van der Waals surface area contributed by atoms with Crippen molar-refractivity contribution in [3.05, 3.63) is 35.9 Å². The normalized spacial score (nSPS) is 24.5. The molecule has 1 aliphatic rings. The van der Waals surface area contributed by atoms with Crippen molar-refractivity contribution in [3.8, 4) is 0 Å². The van der Waals surface area contributed by atoms with E-state index in [4.69, 9.17) is 0 Å². The molecule has 0 aromatic heterocycles. The van der Waals surface area contributed by atoms with E-state index in [0.717, 1.165) is 25.7 Å². The Bertz CT molecular complexity index is 433. The van der Waals surface area contributed by atoms with Gasteiger partial charge < -0.3 is 5.11 Å². The molecule has 1 saturated heterocycles. The average molecular weight is 332 g/mol. The molecule has 1 aromatic rings. The molecule has 1 N–H and O–H groups in total. The first-order valence-electron chi connectivity index (χ1n) is 10.2. The van der Waals surface area contributed by atoms with Crippen LogP contribution in [0.2, 0.25) is 0 Å². The van der Waals surface area contributed by atoms with E-state index in [1.807, 2.05) is 0 Å². The molecule has 0 amide bonds. The number of nitrogens with zero attached hydrogens (tertiary/aromatic N) is 1. The van der Waals surface area contributed by atoms with Crippen LogP contribution in [0.25, 0.3) is 0 Å². The summed E-state index contributed by atoms with van der Waals surface area (Å²) in [6, 6.07) is 11.6. The van der Waals surface area contributed by atoms with Crippen LogP contribution in [-0.2, 0) is 6.42 Å². The lowest BCUT2D eigenvalue weighted by molar-refractivity contribution is 0.115. The molecule has 2 nitrogen and oxygen atoms in total. The van der Waals surface area contributed by atoms with Crippen molar-refractivity contribution >= 4 is 0 Å². The van der Waals surface area contributed by atoms with Gasteiger partial charge in [-0.25, -0.2) is 0 Å². The van der Waals surface area contributed by atoms with Crippen LogP contribution in [0.3, 0.4) is 0 Å². The van der Waals surface area contributed by atoms with Crippen LogP contribution in [0, 0.1) is 0 Å². The molecule has 136 valence electrons. The summed E-state index contributed by atoms with van der Waals surface area (Å²) in [6.45, 7) is 2.27. The number of likely N-dealkylation sites (tertiary alicyclic amines) is 1. The van der Waals surface area contributed by atoms with Gasteiger partial charge in [-0.3, -0.25) is 4.90 Å². The van der Waals surface area contributed by atoms with Gasteiger partial charge in [-0.15, -0.1) is 0 Å². The number of aliphatic hydroxyl groups is 1. The van der Waals surface area contributed by atoms with Gasteiger partial charge in [-0.2, -0.15) is 0 Å². The lowest BCUT2D eigenvalue weighted by atomic mass is 10.0. The fourth-order valence-electron chi connectivity index (χ4n) is 4.15. The Morgan fingerprint density at radius 1 is 0.958 bits per heavy atom. The molecule has 0 bridgehead atoms. The topological polar surface area (TPSA) is 23.5 Å². The quantitative estimate of drug-likeness (QED) is 0.564. The third kappa shape index (κ3) is 6.22. The highest BCUT2D eigenvalue weighted by molar-refractivity contribution is 5.15. The molecule has 0 aliphatic carbocycles. The fourth-order valence-corrected chi connectivity index (χ4v) is 4.15. The largest absolute Gasteiger partial charge is 0.391 e. The van der Waals surface area contributed by atoms with Crippen LogP contribution in [0.5, 0.6) is 0 Å². The van der Waals surface area contributed by atoms with E-state index >= 15 is 0 Å². The number of likely N-dealkylation sites (N-methyl/N-ethyl adjacent to an activating group) is 1. The van der Waals surface area contributed by atoms with Gasteiger partial charge in [0.2, 0.25) is 0 Å². The molecule has 3 atom stereocenters. The fraction of sp³-hybridized carbons (Fsp3) is 0.727. The van der Waals surface area contributed by atoms with Crippen molar-refractivity contribution in [1.82, 2.24) is 4.90 Å². The van der Waals surface area contributed by atoms with Gasteiger partial charge in [0.25, 0.3) is 0 Å². The van der Waals surface area contributed by atoms with Gasteiger partial charge >= 0.3 is 0 Å². The van der Waals surface area contributed by atoms with Gasteiger partial charge in [-0.05, 0) is 38.3 Å². The first kappa shape index (κ1) is 19.5. The Kier molecular flexibility index (Phi) is 8.83. The monoisotopic (exact) mass is 331 g/mol. The predicted molar refractivity (Wildman–Crippen MR) is 103 cm³/mol. The molecular weight excluding hydrogens is 294 g/mol. The summed E-state index contributed by atoms with van der Waals surface area (Å²) in [5.41, 5.74) is 1.41. The second-order valence-corrected chi connectivity index (χ2v) is 7.62. The van der Waals surface area contributed by atoms with E-state index in [1.165, 1.54) is 50.5 Å². The number of unbranched alkanes of at least 4 members (excludes halogenated alkanes) is 6. The SMILES string of the molecule is CCCCCCCCCC1C(O)CC(CCc2ccccc2)N1C. The minimum atomic E-state index is -0.129. The highest BCUT2D eigenvalue weighted by Crippen LogP contribution is 2.29. The molecule has 1 heterocycles. The van der Waals surface area contributed by atoms with Crippen LogP contribution < -0.4 is 0 Å². The number of hydrogen-bond acceptors (Lipinski definition) is 2. The van der Waals surface area contributed by atoms with Crippen LogP contribution in [0.1, 0.15) is 76.7 Å². The second-order valence-electron chi connectivity index (χ2n) is 7.62. The third-order valence-electron chi connectivity index (χ3n) is 5.77. The summed E-state index contributed by atoms with van der Waals surface area (Å²) in [6.07, 6.45) is 13.7. The minimum Gasteiger partial charge on any atom is -0.391 e. The van der Waals surface area contributed by atoms with Crippen LogP contribution in [0.4, 0.5) is 0 Å². The Morgan fingerprint density at radius 3 is 2.33 bits per heavy atom. The maximum absolute atomic E-state index is 10.5. The lowest BCUT2D eigenvalue weighted by Gasteiger charge is -2.26. The summed E-state index contributed by atoms with van der Waals surface area (Å²) in [4.78, 5) is 2.46. The first-order valence-corrected chi connectivity index (χ1v) is 10.2. The molecule has 0 spiro atoms. The zero-order valence-electron chi connectivity index (χ0n) is 15.8. The van der Waals surface area contributed by atoms with Crippen LogP contribution >= 0.6 is 0 Å². The standard InChI is InChI=1S/C22H37NO/c1-3-4-5-6-7-8-12-15-21-22(24)18-20(23(21)2)17-16-19-13-10-9-11-14-19/h9-11,13-14,20-22,24H,3-8,12,15-18H2,1-2H3. The van der Waals surface area contributed by atoms with Crippen molar-refractivity contribution < 1.29 is 5.11 Å². The molecule has 0 radical (unpaired) electrons. The summed E-state index contributed by atoms with van der Waals surface area (Å²) in [5.74, 6) is 0. The van der Waals surface area contributed by atoms with Crippen molar-refractivity contribution in [1.29, 1.82) is 0 Å². The molecule has 1 aromatic carbocycles. The maximum atomic E-state index is 10.5. The number of hydrogen-bond donors (Lipinski definition) is 1. The molecular formula is C22H37NO. The van der Waals surface area contributed by atoms with Crippen molar-refractivity contribution in [2.24, 2.45) is 0 Å². The minimum absolute atomic E-state index is 0.129. The molecule has 1 fully saturated rings. The third-order valence-corrected chi connectivity index (χ3v) is 5.77. The Labute approximate surface area is 149 Å². The van der Waals surface area contributed by atoms with E-state index in [2.05, 4.69) is 49.2 Å². The summed E-state index contributed by atoms with van der Waals surface area (Å²) in [7, 11) is 2.22.